The zero-order valence-electron chi connectivity index (χ0n) is 9.88. The van der Waals surface area contributed by atoms with Gasteiger partial charge in [-0.3, -0.25) is 0 Å². The van der Waals surface area contributed by atoms with Crippen molar-refractivity contribution in [2.45, 2.75) is 40.5 Å². The van der Waals surface area contributed by atoms with Crippen molar-refractivity contribution in [1.82, 2.24) is 4.31 Å². The normalized spacial score (nSPS) is 27.3. The van der Waals surface area contributed by atoms with Crippen LogP contribution >= 0.6 is 10.7 Å². The molecule has 1 aliphatic rings. The fourth-order valence-corrected chi connectivity index (χ4v) is 3.78. The maximum atomic E-state index is 11.3. The molecule has 1 saturated heterocycles. The first-order valence-electron chi connectivity index (χ1n) is 5.22. The molecule has 15 heavy (non-hydrogen) atoms. The third kappa shape index (κ3) is 3.93. The Morgan fingerprint density at radius 2 is 1.67 bits per heavy atom. The van der Waals surface area contributed by atoms with Gasteiger partial charge in [0.15, 0.2) is 0 Å². The molecule has 1 rings (SSSR count). The van der Waals surface area contributed by atoms with Crippen LogP contribution in [0, 0.1) is 10.8 Å². The topological polar surface area (TPSA) is 37.4 Å². The SMILES string of the molecule is CC1(C)CCN(S(=O)(=O)Cl)CC(C)(C)C1. The summed E-state index contributed by atoms with van der Waals surface area (Å²) in [5, 5.41) is 0. The number of rotatable bonds is 1. The lowest BCUT2D eigenvalue weighted by Crippen LogP contribution is -2.35. The van der Waals surface area contributed by atoms with Gasteiger partial charge < -0.3 is 0 Å². The van der Waals surface area contributed by atoms with Crippen molar-refractivity contribution in [1.29, 1.82) is 0 Å². The van der Waals surface area contributed by atoms with Crippen molar-refractivity contribution in [3.8, 4) is 0 Å². The molecule has 1 fully saturated rings. The Balaban J connectivity index is 2.93. The van der Waals surface area contributed by atoms with Gasteiger partial charge in [0.25, 0.3) is 9.24 Å². The Kier molecular flexibility index (Phi) is 3.45. The molecule has 3 nitrogen and oxygen atoms in total. The van der Waals surface area contributed by atoms with Gasteiger partial charge in [-0.05, 0) is 23.7 Å². The summed E-state index contributed by atoms with van der Waals surface area (Å²) in [6.07, 6.45) is 1.88. The van der Waals surface area contributed by atoms with Crippen LogP contribution in [0.1, 0.15) is 40.5 Å². The third-order valence-electron chi connectivity index (χ3n) is 2.91. The largest absolute Gasteiger partial charge is 0.299 e. The van der Waals surface area contributed by atoms with Crippen molar-refractivity contribution in [3.63, 3.8) is 0 Å². The molecule has 0 aromatic heterocycles. The molecule has 1 aliphatic heterocycles. The van der Waals surface area contributed by atoms with Crippen molar-refractivity contribution in [3.05, 3.63) is 0 Å². The Morgan fingerprint density at radius 1 is 1.13 bits per heavy atom. The number of hydrogen-bond donors (Lipinski definition) is 0. The average molecular weight is 254 g/mol. The lowest BCUT2D eigenvalue weighted by atomic mass is 9.75. The maximum Gasteiger partial charge on any atom is 0.299 e. The highest BCUT2D eigenvalue weighted by Gasteiger charge is 2.37. The minimum atomic E-state index is -3.56. The summed E-state index contributed by atoms with van der Waals surface area (Å²) in [4.78, 5) is 0. The number of nitrogens with zero attached hydrogens (tertiary/aromatic N) is 1. The van der Waals surface area contributed by atoms with Crippen LogP contribution in [0.25, 0.3) is 0 Å². The molecule has 0 N–H and O–H groups in total. The van der Waals surface area contributed by atoms with Crippen molar-refractivity contribution in [2.75, 3.05) is 13.1 Å². The van der Waals surface area contributed by atoms with Crippen LogP contribution in [0.2, 0.25) is 0 Å². The molecule has 90 valence electrons. The van der Waals surface area contributed by atoms with Gasteiger partial charge >= 0.3 is 0 Å². The van der Waals surface area contributed by atoms with Crippen molar-refractivity contribution >= 4 is 19.9 Å². The second-order valence-corrected chi connectivity index (χ2v) is 8.54. The van der Waals surface area contributed by atoms with E-state index in [0.29, 0.717) is 13.1 Å². The Labute approximate surface area is 97.3 Å². The van der Waals surface area contributed by atoms with Gasteiger partial charge in [0.1, 0.15) is 0 Å². The summed E-state index contributed by atoms with van der Waals surface area (Å²) >= 11 is 0. The van der Waals surface area contributed by atoms with Gasteiger partial charge in [0, 0.05) is 23.8 Å². The predicted octanol–water partition coefficient (Wildman–Crippen LogP) is 2.62. The zero-order valence-corrected chi connectivity index (χ0v) is 11.5. The molecule has 5 heteroatoms. The van der Waals surface area contributed by atoms with Gasteiger partial charge in [0.2, 0.25) is 0 Å². The highest BCUT2D eigenvalue weighted by Crippen LogP contribution is 2.40. The van der Waals surface area contributed by atoms with E-state index < -0.39 is 9.24 Å². The summed E-state index contributed by atoms with van der Waals surface area (Å²) < 4.78 is 24.1. The predicted molar refractivity (Wildman–Crippen MR) is 63.1 cm³/mol. The van der Waals surface area contributed by atoms with Crippen LogP contribution in [0.15, 0.2) is 0 Å². The lowest BCUT2D eigenvalue weighted by molar-refractivity contribution is 0.205. The number of halogens is 1. The average Bonchev–Trinajstić information content (AvgIpc) is 2.02. The molecule has 0 bridgehead atoms. The van der Waals surface area contributed by atoms with E-state index in [-0.39, 0.29) is 10.8 Å². The molecule has 0 aliphatic carbocycles. The first-order valence-corrected chi connectivity index (χ1v) is 7.48. The molecular weight excluding hydrogens is 234 g/mol. The minimum Gasteiger partial charge on any atom is -0.195 e. The third-order valence-corrected chi connectivity index (χ3v) is 4.42. The van der Waals surface area contributed by atoms with E-state index in [1.165, 1.54) is 4.31 Å². The van der Waals surface area contributed by atoms with E-state index in [4.69, 9.17) is 10.7 Å². The molecule has 0 radical (unpaired) electrons. The van der Waals surface area contributed by atoms with Gasteiger partial charge in [0.05, 0.1) is 0 Å². The van der Waals surface area contributed by atoms with E-state index in [2.05, 4.69) is 27.7 Å². The van der Waals surface area contributed by atoms with E-state index in [1.807, 2.05) is 0 Å². The van der Waals surface area contributed by atoms with Crippen molar-refractivity contribution < 1.29 is 8.42 Å². The quantitative estimate of drug-likeness (QED) is 0.674. The highest BCUT2D eigenvalue weighted by molar-refractivity contribution is 8.11. The van der Waals surface area contributed by atoms with Gasteiger partial charge in [-0.2, -0.15) is 12.7 Å². The van der Waals surface area contributed by atoms with Crippen molar-refractivity contribution in [2.24, 2.45) is 10.8 Å². The van der Waals surface area contributed by atoms with E-state index >= 15 is 0 Å². The van der Waals surface area contributed by atoms with Crippen LogP contribution in [-0.4, -0.2) is 25.8 Å². The van der Waals surface area contributed by atoms with Crippen LogP contribution in [0.4, 0.5) is 0 Å². The standard InChI is InChI=1S/C10H20ClNO2S/c1-9(2)5-6-12(15(11,13)14)8-10(3,4)7-9/h5-8H2,1-4H3. The second kappa shape index (κ2) is 3.90. The first kappa shape index (κ1) is 13.3. The van der Waals surface area contributed by atoms with Gasteiger partial charge in [-0.25, -0.2) is 0 Å². The Morgan fingerprint density at radius 3 is 2.13 bits per heavy atom. The van der Waals surface area contributed by atoms with Crippen LogP contribution < -0.4 is 0 Å². The zero-order chi connectivity index (χ0) is 11.9. The maximum absolute atomic E-state index is 11.3. The van der Waals surface area contributed by atoms with E-state index in [1.54, 1.807) is 0 Å². The molecule has 1 heterocycles. The summed E-state index contributed by atoms with van der Waals surface area (Å²) in [6, 6.07) is 0. The first-order chi connectivity index (χ1) is 6.52. The molecule has 0 spiro atoms. The summed E-state index contributed by atoms with van der Waals surface area (Å²) in [5.41, 5.74) is 0.168. The monoisotopic (exact) mass is 253 g/mol. The molecule has 0 aromatic carbocycles. The summed E-state index contributed by atoms with van der Waals surface area (Å²) in [5.74, 6) is 0. The molecular formula is C10H20ClNO2S. The van der Waals surface area contributed by atoms with E-state index in [9.17, 15) is 8.42 Å². The molecule has 0 amide bonds. The fraction of sp³-hybridized carbons (Fsp3) is 1.00. The lowest BCUT2D eigenvalue weighted by Gasteiger charge is -2.31. The molecule has 0 atom stereocenters. The second-order valence-electron chi connectivity index (χ2n) is 6.03. The highest BCUT2D eigenvalue weighted by atomic mass is 35.7. The molecule has 0 aromatic rings. The number of hydrogen-bond acceptors (Lipinski definition) is 2. The Bertz CT molecular complexity index is 335. The van der Waals surface area contributed by atoms with Crippen LogP contribution in [0.5, 0.6) is 0 Å². The van der Waals surface area contributed by atoms with E-state index in [0.717, 1.165) is 12.8 Å². The minimum absolute atomic E-state index is 0.0119. The smallest absolute Gasteiger partial charge is 0.195 e. The van der Waals surface area contributed by atoms with Crippen LogP contribution in [-0.2, 0) is 9.24 Å². The van der Waals surface area contributed by atoms with Gasteiger partial charge in [-0.1, -0.05) is 27.7 Å². The van der Waals surface area contributed by atoms with Gasteiger partial charge in [-0.15, -0.1) is 0 Å². The summed E-state index contributed by atoms with van der Waals surface area (Å²) in [6.45, 7) is 9.59. The molecule has 0 unspecified atom stereocenters. The molecule has 0 saturated carbocycles. The fourth-order valence-electron chi connectivity index (χ4n) is 2.61. The Hall–Kier alpha value is 0.200. The summed E-state index contributed by atoms with van der Waals surface area (Å²) in [7, 11) is 1.84. The van der Waals surface area contributed by atoms with Crippen LogP contribution in [0.3, 0.4) is 0 Å².